The number of nitrogens with zero attached hydrogens (tertiary/aromatic N) is 1. The van der Waals surface area contributed by atoms with Crippen molar-refractivity contribution in [2.45, 2.75) is 43.1 Å². The molecule has 1 aromatic rings. The Kier molecular flexibility index (Phi) is 5.02. The maximum Gasteiger partial charge on any atom is 0.323 e. The average molecular weight is 257 g/mol. The number of carbonyl (C=O) groups is 1. The second-order valence-corrected chi connectivity index (χ2v) is 5.62. The van der Waals surface area contributed by atoms with Gasteiger partial charge in [-0.1, -0.05) is 25.6 Å². The van der Waals surface area contributed by atoms with Crippen molar-refractivity contribution in [2.24, 2.45) is 0 Å². The molecule has 1 aromatic heterocycles. The Bertz CT molecular complexity index is 356. The Balaban J connectivity index is 2.58. The summed E-state index contributed by atoms with van der Waals surface area (Å²) >= 11 is 1.55. The van der Waals surface area contributed by atoms with Gasteiger partial charge in [-0.15, -0.1) is 0 Å². The molecule has 1 rings (SSSR count). The molecule has 0 bridgehead atoms. The number of likely N-dealkylation sites (N-methyl/N-ethyl adjacent to an activating group) is 1. The molecule has 0 saturated carbocycles. The Morgan fingerprint density at radius 1 is 1.76 bits per heavy atom. The molecule has 1 heterocycles. The molecule has 0 amide bonds. The molecule has 0 saturated heterocycles. The molecule has 0 aromatic carbocycles. The van der Waals surface area contributed by atoms with Gasteiger partial charge in [0.15, 0.2) is 5.16 Å². The van der Waals surface area contributed by atoms with Crippen LogP contribution in [0.2, 0.25) is 0 Å². The van der Waals surface area contributed by atoms with Crippen LogP contribution < -0.4 is 5.32 Å². The van der Waals surface area contributed by atoms with E-state index in [1.807, 2.05) is 13.8 Å². The van der Waals surface area contributed by atoms with Crippen LogP contribution in [-0.2, 0) is 4.79 Å². The van der Waals surface area contributed by atoms with Gasteiger partial charge in [-0.25, -0.2) is 4.98 Å². The number of thioether (sulfide) groups is 1. The van der Waals surface area contributed by atoms with Crippen LogP contribution in [0, 0.1) is 0 Å². The first kappa shape index (κ1) is 14.1. The van der Waals surface area contributed by atoms with Gasteiger partial charge in [0.25, 0.3) is 0 Å². The maximum atomic E-state index is 11.3. The summed E-state index contributed by atoms with van der Waals surface area (Å²) in [5, 5.41) is 13.3. The van der Waals surface area contributed by atoms with Crippen molar-refractivity contribution in [2.75, 3.05) is 6.54 Å². The summed E-state index contributed by atoms with van der Waals surface area (Å²) in [5.74, 6) is -0.814. The fraction of sp³-hybridized carbons (Fsp3) is 0.636. The van der Waals surface area contributed by atoms with Crippen molar-refractivity contribution >= 4 is 17.7 Å². The highest BCUT2D eigenvalue weighted by molar-refractivity contribution is 7.99. The minimum absolute atomic E-state index is 0.168. The largest absolute Gasteiger partial charge is 0.480 e. The minimum atomic E-state index is -0.881. The molecule has 5 nitrogen and oxygen atoms in total. The van der Waals surface area contributed by atoms with E-state index in [4.69, 9.17) is 0 Å². The van der Waals surface area contributed by atoms with Gasteiger partial charge in [0, 0.05) is 17.6 Å². The summed E-state index contributed by atoms with van der Waals surface area (Å²) in [6.07, 6.45) is 3.99. The van der Waals surface area contributed by atoms with Gasteiger partial charge in [-0.3, -0.25) is 4.79 Å². The van der Waals surface area contributed by atoms with Crippen molar-refractivity contribution in [3.8, 4) is 0 Å². The van der Waals surface area contributed by atoms with Crippen molar-refractivity contribution in [3.05, 3.63) is 12.4 Å². The highest BCUT2D eigenvalue weighted by atomic mass is 32.2. The summed E-state index contributed by atoms with van der Waals surface area (Å²) in [6, 6.07) is 0. The lowest BCUT2D eigenvalue weighted by molar-refractivity contribution is -0.144. The summed E-state index contributed by atoms with van der Waals surface area (Å²) in [6.45, 7) is 6.27. The number of carboxylic acid groups (broad SMARTS) is 1. The third kappa shape index (κ3) is 4.05. The Hall–Kier alpha value is -1.01. The van der Waals surface area contributed by atoms with Crippen molar-refractivity contribution in [3.63, 3.8) is 0 Å². The molecule has 17 heavy (non-hydrogen) atoms. The molecule has 0 aliphatic carbocycles. The zero-order chi connectivity index (χ0) is 12.9. The van der Waals surface area contributed by atoms with Gasteiger partial charge in [0.05, 0.1) is 0 Å². The topological polar surface area (TPSA) is 78.0 Å². The Morgan fingerprint density at radius 3 is 2.94 bits per heavy atom. The number of hydrogen-bond donors (Lipinski definition) is 3. The molecule has 0 aliphatic heterocycles. The molecule has 0 spiro atoms. The first-order valence-corrected chi connectivity index (χ1v) is 6.50. The third-order valence-electron chi connectivity index (χ3n) is 2.52. The van der Waals surface area contributed by atoms with E-state index in [1.54, 1.807) is 31.1 Å². The number of rotatable bonds is 7. The summed E-state index contributed by atoms with van der Waals surface area (Å²) < 4.78 is 0. The number of aromatic nitrogens is 2. The van der Waals surface area contributed by atoms with Crippen LogP contribution in [0.3, 0.4) is 0 Å². The highest BCUT2D eigenvalue weighted by Gasteiger charge is 2.34. The van der Waals surface area contributed by atoms with Gasteiger partial charge in [0.2, 0.25) is 0 Å². The highest BCUT2D eigenvalue weighted by Crippen LogP contribution is 2.26. The molecule has 0 radical (unpaired) electrons. The number of H-pyrrole nitrogens is 1. The quantitative estimate of drug-likeness (QED) is 0.648. The molecule has 96 valence electrons. The smallest absolute Gasteiger partial charge is 0.323 e. The van der Waals surface area contributed by atoms with Crippen LogP contribution in [0.25, 0.3) is 0 Å². The predicted molar refractivity (Wildman–Crippen MR) is 68.2 cm³/mol. The van der Waals surface area contributed by atoms with E-state index in [2.05, 4.69) is 15.3 Å². The molecule has 3 N–H and O–H groups in total. The van der Waals surface area contributed by atoms with Crippen LogP contribution in [0.15, 0.2) is 17.6 Å². The van der Waals surface area contributed by atoms with Gasteiger partial charge in [0.1, 0.15) is 5.54 Å². The standard InChI is InChI=1S/C11H19N3O2S/c1-4-14-11(3,9(15)16)7-8(2)17-10-12-5-6-13-10/h5-6,8,14H,4,7H2,1-3H3,(H,12,13)(H,15,16). The monoisotopic (exact) mass is 257 g/mol. The van der Waals surface area contributed by atoms with Crippen molar-refractivity contribution in [1.82, 2.24) is 15.3 Å². The zero-order valence-electron chi connectivity index (χ0n) is 10.4. The second kappa shape index (κ2) is 6.07. The molecule has 0 aliphatic rings. The third-order valence-corrected chi connectivity index (χ3v) is 3.54. The van der Waals surface area contributed by atoms with E-state index in [0.29, 0.717) is 13.0 Å². The maximum absolute atomic E-state index is 11.3. The van der Waals surface area contributed by atoms with Gasteiger partial charge >= 0.3 is 5.97 Å². The predicted octanol–water partition coefficient (Wildman–Crippen LogP) is 1.73. The second-order valence-electron chi connectivity index (χ2n) is 4.19. The summed E-state index contributed by atoms with van der Waals surface area (Å²) in [7, 11) is 0. The normalized spacial score (nSPS) is 16.4. The van der Waals surface area contributed by atoms with Crippen molar-refractivity contribution in [1.29, 1.82) is 0 Å². The first-order valence-electron chi connectivity index (χ1n) is 5.62. The van der Waals surface area contributed by atoms with Gasteiger partial charge in [-0.05, 0) is 19.9 Å². The Morgan fingerprint density at radius 2 is 2.47 bits per heavy atom. The number of hydrogen-bond acceptors (Lipinski definition) is 4. The van der Waals surface area contributed by atoms with Gasteiger partial charge in [-0.2, -0.15) is 0 Å². The van der Waals surface area contributed by atoms with E-state index in [-0.39, 0.29) is 5.25 Å². The fourth-order valence-corrected chi connectivity index (χ4v) is 2.80. The molecule has 2 atom stereocenters. The number of aromatic amines is 1. The number of carboxylic acids is 1. The SMILES string of the molecule is CCNC(C)(CC(C)Sc1ncc[nH]1)C(=O)O. The lowest BCUT2D eigenvalue weighted by Gasteiger charge is -2.28. The van der Waals surface area contributed by atoms with Crippen LogP contribution in [0.4, 0.5) is 0 Å². The first-order chi connectivity index (χ1) is 7.98. The van der Waals surface area contributed by atoms with E-state index in [1.165, 1.54) is 0 Å². The zero-order valence-corrected chi connectivity index (χ0v) is 11.2. The molecule has 0 fully saturated rings. The van der Waals surface area contributed by atoms with Crippen LogP contribution in [0.1, 0.15) is 27.2 Å². The molecule has 6 heteroatoms. The van der Waals surface area contributed by atoms with Gasteiger partial charge < -0.3 is 15.4 Å². The number of imidazole rings is 1. The van der Waals surface area contributed by atoms with E-state index < -0.39 is 11.5 Å². The van der Waals surface area contributed by atoms with Crippen LogP contribution in [0.5, 0.6) is 0 Å². The summed E-state index contributed by atoms with van der Waals surface area (Å²) in [5.41, 5.74) is -0.881. The van der Waals surface area contributed by atoms with Crippen LogP contribution in [-0.4, -0.2) is 38.4 Å². The number of aliphatic carboxylic acids is 1. The lowest BCUT2D eigenvalue weighted by atomic mass is 9.96. The summed E-state index contributed by atoms with van der Waals surface area (Å²) in [4.78, 5) is 18.4. The van der Waals surface area contributed by atoms with Crippen molar-refractivity contribution < 1.29 is 9.90 Å². The van der Waals surface area contributed by atoms with E-state index in [0.717, 1.165) is 5.16 Å². The lowest BCUT2D eigenvalue weighted by Crippen LogP contribution is -2.50. The molecular formula is C11H19N3O2S. The van der Waals surface area contributed by atoms with E-state index >= 15 is 0 Å². The van der Waals surface area contributed by atoms with E-state index in [9.17, 15) is 9.90 Å². The fourth-order valence-electron chi connectivity index (χ4n) is 1.75. The number of nitrogens with one attached hydrogen (secondary N) is 2. The molecule has 2 unspecified atom stereocenters. The molecular weight excluding hydrogens is 238 g/mol. The average Bonchev–Trinajstić information content (AvgIpc) is 2.70. The Labute approximate surface area is 105 Å². The minimum Gasteiger partial charge on any atom is -0.480 e. The van der Waals surface area contributed by atoms with Crippen LogP contribution >= 0.6 is 11.8 Å².